The molecule has 1 aliphatic carbocycles. The van der Waals surface area contributed by atoms with E-state index in [1.165, 1.54) is 6.42 Å². The largest absolute Gasteiger partial charge is 0.355 e. The van der Waals surface area contributed by atoms with Gasteiger partial charge in [0.15, 0.2) is 5.96 Å². The fourth-order valence-corrected chi connectivity index (χ4v) is 2.72. The number of aliphatic imine (C=N–C) groups is 1. The van der Waals surface area contributed by atoms with Gasteiger partial charge in [0, 0.05) is 32.6 Å². The van der Waals surface area contributed by atoms with Crippen LogP contribution in [0.15, 0.2) is 29.3 Å². The molecule has 2 rings (SSSR count). The minimum Gasteiger partial charge on any atom is -0.355 e. The van der Waals surface area contributed by atoms with Crippen molar-refractivity contribution in [2.75, 3.05) is 27.2 Å². The predicted octanol–water partition coefficient (Wildman–Crippen LogP) is 3.78. The van der Waals surface area contributed by atoms with E-state index in [2.05, 4.69) is 22.1 Å². The average Bonchev–Trinajstić information content (AvgIpc) is 3.27. The van der Waals surface area contributed by atoms with Crippen LogP contribution in [-0.4, -0.2) is 38.0 Å². The molecule has 124 valence electrons. The molecule has 0 unspecified atom stereocenters. The Morgan fingerprint density at radius 3 is 2.59 bits per heavy atom. The standard InChI is InChI=1S/C17H26FN3.HI/c1-4-5-12-21(3)16(19-2)20-13-17(10-11-17)14-8-6-7-9-15(14)18;/h6-9H,4-5,10-13H2,1-3H3,(H,19,20);1H. The summed E-state index contributed by atoms with van der Waals surface area (Å²) in [4.78, 5) is 6.47. The molecule has 0 bridgehead atoms. The molecule has 0 radical (unpaired) electrons. The van der Waals surface area contributed by atoms with Gasteiger partial charge < -0.3 is 10.2 Å². The van der Waals surface area contributed by atoms with E-state index in [0.717, 1.165) is 43.9 Å². The van der Waals surface area contributed by atoms with Crippen LogP contribution in [0.2, 0.25) is 0 Å². The Morgan fingerprint density at radius 1 is 1.36 bits per heavy atom. The molecule has 0 saturated heterocycles. The highest BCUT2D eigenvalue weighted by atomic mass is 127. The molecule has 0 atom stereocenters. The van der Waals surface area contributed by atoms with Gasteiger partial charge in [-0.3, -0.25) is 4.99 Å². The van der Waals surface area contributed by atoms with E-state index >= 15 is 0 Å². The molecule has 1 aliphatic rings. The highest BCUT2D eigenvalue weighted by molar-refractivity contribution is 14.0. The molecule has 0 aliphatic heterocycles. The molecular weight excluding hydrogens is 392 g/mol. The maximum Gasteiger partial charge on any atom is 0.193 e. The molecule has 1 aromatic carbocycles. The quantitative estimate of drug-likeness (QED) is 0.432. The first-order chi connectivity index (χ1) is 10.1. The number of halogens is 2. The van der Waals surface area contributed by atoms with Crippen molar-refractivity contribution in [1.29, 1.82) is 0 Å². The normalized spacial score (nSPS) is 15.9. The second-order valence-corrected chi connectivity index (χ2v) is 5.94. The van der Waals surface area contributed by atoms with Crippen molar-refractivity contribution in [1.82, 2.24) is 10.2 Å². The van der Waals surface area contributed by atoms with Gasteiger partial charge in [0.05, 0.1) is 0 Å². The van der Waals surface area contributed by atoms with Gasteiger partial charge in [0.1, 0.15) is 5.82 Å². The summed E-state index contributed by atoms with van der Waals surface area (Å²) in [6, 6.07) is 7.13. The maximum absolute atomic E-state index is 14.0. The van der Waals surface area contributed by atoms with E-state index in [1.54, 1.807) is 19.2 Å². The lowest BCUT2D eigenvalue weighted by atomic mass is 9.95. The lowest BCUT2D eigenvalue weighted by Gasteiger charge is -2.25. The van der Waals surface area contributed by atoms with Crippen molar-refractivity contribution in [3.05, 3.63) is 35.6 Å². The van der Waals surface area contributed by atoms with Crippen molar-refractivity contribution in [2.45, 2.75) is 38.0 Å². The van der Waals surface area contributed by atoms with Crippen LogP contribution in [0.1, 0.15) is 38.2 Å². The molecule has 5 heteroatoms. The summed E-state index contributed by atoms with van der Waals surface area (Å²) in [5.74, 6) is 0.803. The third-order valence-corrected chi connectivity index (χ3v) is 4.30. The Hall–Kier alpha value is -0.850. The average molecular weight is 419 g/mol. The Labute approximate surface area is 150 Å². The number of rotatable bonds is 6. The highest BCUT2D eigenvalue weighted by Crippen LogP contribution is 2.48. The first-order valence-corrected chi connectivity index (χ1v) is 7.80. The van der Waals surface area contributed by atoms with Crippen molar-refractivity contribution >= 4 is 29.9 Å². The number of nitrogens with zero attached hydrogens (tertiary/aromatic N) is 2. The summed E-state index contributed by atoms with van der Waals surface area (Å²) in [6.07, 6.45) is 4.39. The summed E-state index contributed by atoms with van der Waals surface area (Å²) < 4.78 is 14.0. The van der Waals surface area contributed by atoms with Crippen LogP contribution in [-0.2, 0) is 5.41 Å². The number of nitrogens with one attached hydrogen (secondary N) is 1. The highest BCUT2D eigenvalue weighted by Gasteiger charge is 2.45. The molecule has 1 fully saturated rings. The van der Waals surface area contributed by atoms with Gasteiger partial charge in [0.2, 0.25) is 0 Å². The lowest BCUT2D eigenvalue weighted by molar-refractivity contribution is 0.457. The van der Waals surface area contributed by atoms with Gasteiger partial charge >= 0.3 is 0 Å². The second-order valence-electron chi connectivity index (χ2n) is 5.94. The molecule has 0 aromatic heterocycles. The van der Waals surface area contributed by atoms with Gasteiger partial charge in [-0.2, -0.15) is 0 Å². The van der Waals surface area contributed by atoms with E-state index in [-0.39, 0.29) is 35.2 Å². The van der Waals surface area contributed by atoms with Crippen LogP contribution in [0.5, 0.6) is 0 Å². The van der Waals surface area contributed by atoms with Crippen molar-refractivity contribution < 1.29 is 4.39 Å². The molecule has 0 heterocycles. The van der Waals surface area contributed by atoms with Gasteiger partial charge in [0.25, 0.3) is 0 Å². The fourth-order valence-electron chi connectivity index (χ4n) is 2.72. The summed E-state index contributed by atoms with van der Waals surface area (Å²) in [5.41, 5.74) is 0.788. The third kappa shape index (κ3) is 4.57. The van der Waals surface area contributed by atoms with Gasteiger partial charge in [-0.1, -0.05) is 31.5 Å². The minimum absolute atomic E-state index is 0. The van der Waals surface area contributed by atoms with Gasteiger partial charge in [-0.25, -0.2) is 4.39 Å². The molecule has 1 saturated carbocycles. The number of hydrogen-bond donors (Lipinski definition) is 1. The first kappa shape index (κ1) is 19.2. The van der Waals surface area contributed by atoms with Crippen LogP contribution in [0.25, 0.3) is 0 Å². The van der Waals surface area contributed by atoms with E-state index < -0.39 is 0 Å². The Kier molecular flexibility index (Phi) is 7.59. The monoisotopic (exact) mass is 419 g/mol. The number of hydrogen-bond acceptors (Lipinski definition) is 1. The molecule has 22 heavy (non-hydrogen) atoms. The summed E-state index contributed by atoms with van der Waals surface area (Å²) in [7, 11) is 3.85. The van der Waals surface area contributed by atoms with E-state index in [4.69, 9.17) is 0 Å². The van der Waals surface area contributed by atoms with Crippen molar-refractivity contribution in [3.8, 4) is 0 Å². The first-order valence-electron chi connectivity index (χ1n) is 7.80. The van der Waals surface area contributed by atoms with Crippen LogP contribution in [0, 0.1) is 5.82 Å². The Morgan fingerprint density at radius 2 is 2.05 bits per heavy atom. The fraction of sp³-hybridized carbons (Fsp3) is 0.588. The lowest BCUT2D eigenvalue weighted by Crippen LogP contribution is -2.42. The molecule has 3 nitrogen and oxygen atoms in total. The Bertz CT molecular complexity index is 500. The molecule has 1 aromatic rings. The zero-order chi connectivity index (χ0) is 15.3. The minimum atomic E-state index is -0.0916. The van der Waals surface area contributed by atoms with Crippen molar-refractivity contribution in [2.24, 2.45) is 4.99 Å². The number of guanidine groups is 1. The Balaban J connectivity index is 0.00000242. The maximum atomic E-state index is 14.0. The van der Waals surface area contributed by atoms with Gasteiger partial charge in [-0.15, -0.1) is 24.0 Å². The zero-order valence-corrected chi connectivity index (χ0v) is 16.1. The molecule has 1 N–H and O–H groups in total. The SMILES string of the molecule is CCCCN(C)C(=NC)NCC1(c2ccccc2F)CC1.I. The summed E-state index contributed by atoms with van der Waals surface area (Å²) >= 11 is 0. The zero-order valence-electron chi connectivity index (χ0n) is 13.7. The van der Waals surface area contributed by atoms with E-state index in [1.807, 2.05) is 19.2 Å². The smallest absolute Gasteiger partial charge is 0.193 e. The number of unbranched alkanes of at least 4 members (excludes halogenated alkanes) is 1. The summed E-state index contributed by atoms with van der Waals surface area (Å²) in [5, 5.41) is 3.42. The van der Waals surface area contributed by atoms with Crippen LogP contribution < -0.4 is 5.32 Å². The topological polar surface area (TPSA) is 27.6 Å². The molecule has 0 spiro atoms. The molecular formula is C17H27FIN3. The predicted molar refractivity (Wildman–Crippen MR) is 102 cm³/mol. The third-order valence-electron chi connectivity index (χ3n) is 4.30. The van der Waals surface area contributed by atoms with Crippen LogP contribution in [0.4, 0.5) is 4.39 Å². The van der Waals surface area contributed by atoms with Crippen molar-refractivity contribution in [3.63, 3.8) is 0 Å². The molecule has 0 amide bonds. The second kappa shape index (κ2) is 8.70. The van der Waals surface area contributed by atoms with E-state index in [9.17, 15) is 4.39 Å². The van der Waals surface area contributed by atoms with Crippen LogP contribution >= 0.6 is 24.0 Å². The van der Waals surface area contributed by atoms with Gasteiger partial charge in [-0.05, 0) is 30.9 Å². The van der Waals surface area contributed by atoms with Crippen LogP contribution in [0.3, 0.4) is 0 Å². The summed E-state index contributed by atoms with van der Waals surface area (Å²) in [6.45, 7) is 3.92. The number of benzene rings is 1. The van der Waals surface area contributed by atoms with E-state index in [0.29, 0.717) is 0 Å².